The van der Waals surface area contributed by atoms with Crippen molar-refractivity contribution in [2.45, 2.75) is 25.2 Å². The first kappa shape index (κ1) is 16.5. The van der Waals surface area contributed by atoms with E-state index in [1.165, 1.54) is 4.90 Å². The smallest absolute Gasteiger partial charge is 0.366 e. The first-order valence-corrected chi connectivity index (χ1v) is 7.16. The van der Waals surface area contributed by atoms with Crippen molar-refractivity contribution in [2.24, 2.45) is 0 Å². The van der Waals surface area contributed by atoms with Crippen LogP contribution in [0.4, 0.5) is 13.2 Å². The van der Waals surface area contributed by atoms with Crippen molar-refractivity contribution in [3.05, 3.63) is 0 Å². The highest BCUT2D eigenvalue weighted by Crippen LogP contribution is 2.21. The molecule has 8 heteroatoms. The molecule has 2 heterocycles. The van der Waals surface area contributed by atoms with Gasteiger partial charge in [-0.3, -0.25) is 9.69 Å². The van der Waals surface area contributed by atoms with Gasteiger partial charge in [0.15, 0.2) is 0 Å². The molecule has 0 radical (unpaired) electrons. The Kier molecular flexibility index (Phi) is 5.11. The van der Waals surface area contributed by atoms with Crippen LogP contribution in [0.3, 0.4) is 0 Å². The summed E-state index contributed by atoms with van der Waals surface area (Å²) in [4.78, 5) is 17.4. The average molecular weight is 309 g/mol. The number of carbonyl (C=O) groups excluding carboxylic acids is 1. The van der Waals surface area contributed by atoms with Crippen LogP contribution in [0.1, 0.15) is 6.92 Å². The molecule has 122 valence electrons. The zero-order valence-electron chi connectivity index (χ0n) is 12.4. The molecule has 21 heavy (non-hydrogen) atoms. The molecule has 0 aromatic carbocycles. The Balaban J connectivity index is 1.88. The molecule has 2 fully saturated rings. The van der Waals surface area contributed by atoms with E-state index in [0.29, 0.717) is 26.2 Å². The number of hydrogen-bond donors (Lipinski definition) is 0. The minimum Gasteiger partial charge on any atom is -0.366 e. The number of alkyl halides is 3. The second-order valence-corrected chi connectivity index (χ2v) is 5.84. The third-order valence-corrected chi connectivity index (χ3v) is 4.00. The third-order valence-electron chi connectivity index (χ3n) is 4.00. The Bertz CT molecular complexity index is 378. The van der Waals surface area contributed by atoms with Crippen LogP contribution < -0.4 is 0 Å². The molecule has 0 saturated carbocycles. The van der Waals surface area contributed by atoms with Gasteiger partial charge in [0.05, 0.1) is 13.2 Å². The molecule has 0 aliphatic carbocycles. The van der Waals surface area contributed by atoms with E-state index in [4.69, 9.17) is 4.74 Å². The summed E-state index contributed by atoms with van der Waals surface area (Å²) in [5.41, 5.74) is 0. The zero-order chi connectivity index (χ0) is 15.6. The number of morpholine rings is 1. The van der Waals surface area contributed by atoms with Gasteiger partial charge in [0.1, 0.15) is 6.10 Å². The Morgan fingerprint density at radius 2 is 1.95 bits per heavy atom. The number of hydrogen-bond acceptors (Lipinski definition) is 4. The Labute approximate surface area is 122 Å². The lowest BCUT2D eigenvalue weighted by molar-refractivity contribution is -0.162. The highest BCUT2D eigenvalue weighted by atomic mass is 19.4. The number of piperazine rings is 1. The summed E-state index contributed by atoms with van der Waals surface area (Å²) in [6, 6.07) is -0.300. The van der Waals surface area contributed by atoms with Gasteiger partial charge in [-0.2, -0.15) is 13.2 Å². The summed E-state index contributed by atoms with van der Waals surface area (Å²) in [5.74, 6) is -0.111. The highest BCUT2D eigenvalue weighted by Gasteiger charge is 2.37. The lowest BCUT2D eigenvalue weighted by Crippen LogP contribution is -2.59. The van der Waals surface area contributed by atoms with Crippen LogP contribution in [-0.4, -0.2) is 91.9 Å². The van der Waals surface area contributed by atoms with Crippen LogP contribution >= 0.6 is 0 Å². The van der Waals surface area contributed by atoms with Crippen LogP contribution in [0.2, 0.25) is 0 Å². The fourth-order valence-corrected chi connectivity index (χ4v) is 2.79. The number of ether oxygens (including phenoxy) is 1. The molecule has 0 aromatic rings. The SMILES string of the molecule is C[C@H]1CN(C(=O)[C@@H]2CN(C)CCO2)CCN1CC(F)(F)F. The van der Waals surface area contributed by atoms with Gasteiger partial charge in [0.2, 0.25) is 0 Å². The van der Waals surface area contributed by atoms with Crippen molar-refractivity contribution in [1.82, 2.24) is 14.7 Å². The molecule has 2 atom stereocenters. The number of carbonyl (C=O) groups is 1. The molecular formula is C13H22F3N3O2. The normalized spacial score (nSPS) is 29.7. The monoisotopic (exact) mass is 309 g/mol. The summed E-state index contributed by atoms with van der Waals surface area (Å²) < 4.78 is 42.8. The van der Waals surface area contributed by atoms with E-state index in [1.807, 2.05) is 11.9 Å². The third kappa shape index (κ3) is 4.55. The largest absolute Gasteiger partial charge is 0.401 e. The van der Waals surface area contributed by atoms with Crippen molar-refractivity contribution < 1.29 is 22.7 Å². The van der Waals surface area contributed by atoms with Crippen molar-refractivity contribution in [3.8, 4) is 0 Å². The highest BCUT2D eigenvalue weighted by molar-refractivity contribution is 5.81. The van der Waals surface area contributed by atoms with Gasteiger partial charge >= 0.3 is 6.18 Å². The second kappa shape index (κ2) is 6.50. The molecule has 0 bridgehead atoms. The lowest BCUT2D eigenvalue weighted by atomic mass is 10.1. The fraction of sp³-hybridized carbons (Fsp3) is 0.923. The van der Waals surface area contributed by atoms with Crippen LogP contribution in [0.5, 0.6) is 0 Å². The van der Waals surface area contributed by atoms with Crippen LogP contribution in [0, 0.1) is 0 Å². The van der Waals surface area contributed by atoms with Gasteiger partial charge in [0.25, 0.3) is 5.91 Å². The molecule has 0 aromatic heterocycles. The topological polar surface area (TPSA) is 36.0 Å². The van der Waals surface area contributed by atoms with Crippen molar-refractivity contribution in [2.75, 3.05) is 52.9 Å². The molecule has 0 spiro atoms. The maximum absolute atomic E-state index is 12.5. The quantitative estimate of drug-likeness (QED) is 0.740. The van der Waals surface area contributed by atoms with Gasteiger partial charge in [-0.15, -0.1) is 0 Å². The summed E-state index contributed by atoms with van der Waals surface area (Å²) in [7, 11) is 1.92. The number of nitrogens with zero attached hydrogens (tertiary/aromatic N) is 3. The Morgan fingerprint density at radius 1 is 1.24 bits per heavy atom. The van der Waals surface area contributed by atoms with E-state index in [-0.39, 0.29) is 18.5 Å². The van der Waals surface area contributed by atoms with Crippen LogP contribution in [0.15, 0.2) is 0 Å². The summed E-state index contributed by atoms with van der Waals surface area (Å²) >= 11 is 0. The van der Waals surface area contributed by atoms with Gasteiger partial charge in [0, 0.05) is 38.8 Å². The van der Waals surface area contributed by atoms with Gasteiger partial charge < -0.3 is 14.5 Å². The van der Waals surface area contributed by atoms with E-state index in [2.05, 4.69) is 0 Å². The lowest BCUT2D eigenvalue weighted by Gasteiger charge is -2.42. The molecule has 1 amide bonds. The number of likely N-dealkylation sites (N-methyl/N-ethyl adjacent to an activating group) is 1. The van der Waals surface area contributed by atoms with Crippen LogP contribution in [0.25, 0.3) is 0 Å². The summed E-state index contributed by atoms with van der Waals surface area (Å²) in [6.07, 6.45) is -4.69. The predicted octanol–water partition coefficient (Wildman–Crippen LogP) is 0.412. The molecular weight excluding hydrogens is 287 g/mol. The van der Waals surface area contributed by atoms with Crippen molar-refractivity contribution >= 4 is 5.91 Å². The number of amides is 1. The standard InChI is InChI=1S/C13H22F3N3O2/c1-10-7-18(3-4-19(10)9-13(14,15)16)12(20)11-8-17(2)5-6-21-11/h10-11H,3-9H2,1-2H3/t10-,11-/m0/s1. The summed E-state index contributed by atoms with van der Waals surface area (Å²) in [6.45, 7) is 3.53. The van der Waals surface area contributed by atoms with Gasteiger partial charge in [-0.05, 0) is 14.0 Å². The molecule has 2 aliphatic heterocycles. The maximum Gasteiger partial charge on any atom is 0.401 e. The van der Waals surface area contributed by atoms with E-state index < -0.39 is 18.8 Å². The summed E-state index contributed by atoms with van der Waals surface area (Å²) in [5, 5.41) is 0. The number of rotatable bonds is 2. The van der Waals surface area contributed by atoms with Gasteiger partial charge in [-0.25, -0.2) is 0 Å². The minimum absolute atomic E-state index is 0.111. The Hall–Kier alpha value is -0.860. The van der Waals surface area contributed by atoms with E-state index in [9.17, 15) is 18.0 Å². The van der Waals surface area contributed by atoms with Crippen LogP contribution in [-0.2, 0) is 9.53 Å². The van der Waals surface area contributed by atoms with E-state index in [0.717, 1.165) is 6.54 Å². The van der Waals surface area contributed by atoms with E-state index in [1.54, 1.807) is 11.8 Å². The molecule has 2 rings (SSSR count). The second-order valence-electron chi connectivity index (χ2n) is 5.84. The van der Waals surface area contributed by atoms with Crippen molar-refractivity contribution in [3.63, 3.8) is 0 Å². The van der Waals surface area contributed by atoms with Crippen molar-refractivity contribution in [1.29, 1.82) is 0 Å². The number of halogens is 3. The molecule has 5 nitrogen and oxygen atoms in total. The first-order valence-electron chi connectivity index (χ1n) is 7.16. The Morgan fingerprint density at radius 3 is 2.52 bits per heavy atom. The molecule has 0 unspecified atom stereocenters. The molecule has 0 N–H and O–H groups in total. The average Bonchev–Trinajstić information content (AvgIpc) is 2.39. The predicted molar refractivity (Wildman–Crippen MR) is 70.9 cm³/mol. The van der Waals surface area contributed by atoms with E-state index >= 15 is 0 Å². The van der Waals surface area contributed by atoms with Gasteiger partial charge in [-0.1, -0.05) is 0 Å². The molecule has 2 saturated heterocycles. The minimum atomic E-state index is -4.20. The fourth-order valence-electron chi connectivity index (χ4n) is 2.79. The maximum atomic E-state index is 12.5. The first-order chi connectivity index (χ1) is 9.76. The molecule has 2 aliphatic rings. The zero-order valence-corrected chi connectivity index (χ0v) is 12.4.